The number of thiophene rings is 12. The van der Waals surface area contributed by atoms with Gasteiger partial charge in [-0.15, -0.1) is 136 Å². The topological polar surface area (TPSA) is 0 Å². The smallest absolute Gasteiger partial charge is 0.0452 e. The van der Waals surface area contributed by atoms with E-state index in [2.05, 4.69) is 189 Å². The normalized spacial score (nSPS) is 14.8. The highest BCUT2D eigenvalue weighted by molar-refractivity contribution is 7.30. The van der Waals surface area contributed by atoms with E-state index in [9.17, 15) is 0 Å². The summed E-state index contributed by atoms with van der Waals surface area (Å²) in [4.78, 5) is 33.8. The van der Waals surface area contributed by atoms with E-state index < -0.39 is 0 Å². The number of fused-ring (bicyclic) bond motifs is 12. The maximum atomic E-state index is 2.54. The summed E-state index contributed by atoms with van der Waals surface area (Å²) < 4.78 is 0. The second kappa shape index (κ2) is 20.2. The van der Waals surface area contributed by atoms with Gasteiger partial charge in [-0.25, -0.2) is 0 Å². The lowest BCUT2D eigenvalue weighted by atomic mass is 9.90. The molecule has 4 aliphatic rings. The number of hydrogen-bond acceptors (Lipinski definition) is 12. The molecule has 0 saturated carbocycles. The van der Waals surface area contributed by atoms with Gasteiger partial charge in [-0.05, 0) is 266 Å². The average molecular weight is 1300 g/mol. The van der Waals surface area contributed by atoms with Crippen LogP contribution in [0.25, 0.3) is 120 Å². The van der Waals surface area contributed by atoms with Crippen molar-refractivity contribution in [3.63, 3.8) is 0 Å². The summed E-state index contributed by atoms with van der Waals surface area (Å²) in [6, 6.07) is 51.5. The van der Waals surface area contributed by atoms with E-state index >= 15 is 0 Å². The van der Waals surface area contributed by atoms with Crippen LogP contribution >= 0.6 is 136 Å². The Kier molecular flexibility index (Phi) is 12.8. The fraction of sp³-hybridized carbons (Fsp3) is 0.167. The van der Waals surface area contributed by atoms with Crippen LogP contribution in [0.3, 0.4) is 0 Å². The van der Waals surface area contributed by atoms with Gasteiger partial charge in [-0.2, -0.15) is 0 Å². The highest BCUT2D eigenvalue weighted by Gasteiger charge is 2.37. The minimum Gasteiger partial charge on any atom is -0.140 e. The summed E-state index contributed by atoms with van der Waals surface area (Å²) in [6.45, 7) is 18.3. The van der Waals surface area contributed by atoms with Gasteiger partial charge in [0.05, 0.1) is 0 Å². The number of rotatable bonds is 8. The summed E-state index contributed by atoms with van der Waals surface area (Å²) in [5.74, 6) is 0.857. The standard InChI is InChI=1S/2C36H26S6/c1-17-5-7-27(37-17)29-9-11-31(39-29)33-15-23-19(3)21-14-26-22(13-25(21)35(23)41-33)20(4)24-16-34(42-36(24)26)32-12-10-30(40-32)28-8-6-18(2)38-28;1-17-5-7-25(37-17)27-9-11-29(39-27)31-15-21-13-23-20(4)34-24(19(3)33(23)35(21)41-31)14-22-16-32(42-36(22)34)30-12-10-28(40-30)26-8-6-18(2)38-26/h5-16,19-20H,1-4H3;5-12,15-16H,13-14H2,1-4H3. The molecule has 0 spiro atoms. The molecule has 84 heavy (non-hydrogen) atoms. The third-order valence-corrected chi connectivity index (χ3v) is 32.2. The predicted molar refractivity (Wildman–Crippen MR) is 382 cm³/mol. The highest BCUT2D eigenvalue weighted by atomic mass is 32.1. The molecule has 412 valence electrons. The third-order valence-electron chi connectivity index (χ3n) is 17.5. The Balaban J connectivity index is 0.000000132. The Hall–Kier alpha value is -5.16. The molecule has 18 rings (SSSR count). The Bertz CT molecular complexity index is 4670. The van der Waals surface area contributed by atoms with E-state index in [1.165, 1.54) is 184 Å². The van der Waals surface area contributed by atoms with Gasteiger partial charge in [-0.1, -0.05) is 13.8 Å². The molecule has 0 N–H and O–H groups in total. The second-order valence-electron chi connectivity index (χ2n) is 22.8. The quantitative estimate of drug-likeness (QED) is 0.142. The van der Waals surface area contributed by atoms with Crippen LogP contribution in [0.1, 0.15) is 101 Å². The van der Waals surface area contributed by atoms with Gasteiger partial charge in [0.1, 0.15) is 0 Å². The van der Waals surface area contributed by atoms with Crippen molar-refractivity contribution in [3.8, 4) is 120 Å². The van der Waals surface area contributed by atoms with Gasteiger partial charge < -0.3 is 0 Å². The summed E-state index contributed by atoms with van der Waals surface area (Å²) in [6.07, 6.45) is 2.12. The molecule has 0 fully saturated rings. The number of hydrogen-bond donors (Lipinski definition) is 0. The van der Waals surface area contributed by atoms with Crippen molar-refractivity contribution in [3.05, 3.63) is 209 Å². The summed E-state index contributed by atoms with van der Waals surface area (Å²) in [5, 5.41) is 0. The minimum atomic E-state index is 0.428. The lowest BCUT2D eigenvalue weighted by molar-refractivity contribution is 0.946. The van der Waals surface area contributed by atoms with Crippen molar-refractivity contribution < 1.29 is 0 Å². The Morgan fingerprint density at radius 2 is 0.524 bits per heavy atom. The highest BCUT2D eigenvalue weighted by Crippen LogP contribution is 2.60. The first-order valence-corrected chi connectivity index (χ1v) is 38.2. The molecule has 14 aromatic rings. The summed E-state index contributed by atoms with van der Waals surface area (Å²) in [7, 11) is 0. The van der Waals surface area contributed by atoms with Gasteiger partial charge in [0.25, 0.3) is 0 Å². The van der Waals surface area contributed by atoms with Crippen molar-refractivity contribution in [2.24, 2.45) is 0 Å². The third kappa shape index (κ3) is 8.59. The first kappa shape index (κ1) is 53.1. The van der Waals surface area contributed by atoms with Gasteiger partial charge in [0, 0.05) is 129 Å². The SMILES string of the molecule is Cc1ccc(-c2ccc(-c3cc4c(s3)-c3c(C)c5c(c(C)c3C4)-c3sc(-c4ccc(-c6ccc(C)s6)s4)cc3C5)s2)s1.Cc1ccc(-c2ccc(-c3cc4c(s3)-c3cc5c(cc3C4C)-c3sc(-c4ccc(-c6ccc(C)s6)s4)cc3C5C)s2)s1. The van der Waals surface area contributed by atoms with E-state index in [4.69, 9.17) is 0 Å². The van der Waals surface area contributed by atoms with Crippen LogP contribution in [0.2, 0.25) is 0 Å². The monoisotopic (exact) mass is 1300 g/mol. The minimum absolute atomic E-state index is 0.428. The van der Waals surface area contributed by atoms with Crippen molar-refractivity contribution in [2.45, 2.75) is 80.1 Å². The number of aryl methyl sites for hydroxylation is 4. The molecule has 2 atom stereocenters. The van der Waals surface area contributed by atoms with Crippen LogP contribution in [-0.2, 0) is 12.8 Å². The molecule has 0 amide bonds. The Morgan fingerprint density at radius 3 is 0.821 bits per heavy atom. The molecule has 4 aliphatic carbocycles. The lowest BCUT2D eigenvalue weighted by Crippen LogP contribution is -1.97. The summed E-state index contributed by atoms with van der Waals surface area (Å²) >= 11 is 23.3. The van der Waals surface area contributed by atoms with Crippen LogP contribution < -0.4 is 0 Å². The largest absolute Gasteiger partial charge is 0.140 e. The van der Waals surface area contributed by atoms with E-state index in [1.54, 1.807) is 11.1 Å². The maximum absolute atomic E-state index is 2.54. The van der Waals surface area contributed by atoms with Gasteiger partial charge in [-0.3, -0.25) is 0 Å². The molecule has 12 heterocycles. The van der Waals surface area contributed by atoms with Crippen LogP contribution in [0.4, 0.5) is 0 Å². The fourth-order valence-electron chi connectivity index (χ4n) is 13.2. The number of benzene rings is 2. The second-order valence-corrected chi connectivity index (χ2v) is 36.5. The molecule has 0 bridgehead atoms. The molecule has 0 nitrogen and oxygen atoms in total. The van der Waals surface area contributed by atoms with Crippen molar-refractivity contribution in [2.75, 3.05) is 0 Å². The average Bonchev–Trinajstić information content (AvgIpc) is 2.01. The summed E-state index contributed by atoms with van der Waals surface area (Å²) in [5.41, 5.74) is 21.2. The zero-order valence-corrected chi connectivity index (χ0v) is 57.0. The molecular weight excluding hydrogens is 1250 g/mol. The first-order chi connectivity index (χ1) is 40.8. The molecule has 0 saturated heterocycles. The van der Waals surface area contributed by atoms with E-state index in [0.717, 1.165) is 12.8 Å². The van der Waals surface area contributed by atoms with E-state index in [0.29, 0.717) is 11.8 Å². The molecule has 12 aromatic heterocycles. The molecular formula is C72H52S12. The van der Waals surface area contributed by atoms with Crippen molar-refractivity contribution in [1.82, 2.24) is 0 Å². The predicted octanol–water partition coefficient (Wildman–Crippen LogP) is 26.7. The Morgan fingerprint density at radius 1 is 0.262 bits per heavy atom. The van der Waals surface area contributed by atoms with Crippen molar-refractivity contribution >= 4 is 136 Å². The molecule has 12 heteroatoms. The van der Waals surface area contributed by atoms with Crippen LogP contribution in [0.15, 0.2) is 133 Å². The van der Waals surface area contributed by atoms with Crippen molar-refractivity contribution in [1.29, 1.82) is 0 Å². The molecule has 2 unspecified atom stereocenters. The first-order valence-electron chi connectivity index (χ1n) is 28.4. The van der Waals surface area contributed by atoms with Crippen LogP contribution in [0.5, 0.6) is 0 Å². The molecule has 0 aliphatic heterocycles. The Labute approximate surface area is 538 Å². The maximum Gasteiger partial charge on any atom is 0.0452 e. The van der Waals surface area contributed by atoms with Gasteiger partial charge in [0.2, 0.25) is 0 Å². The van der Waals surface area contributed by atoms with Gasteiger partial charge >= 0.3 is 0 Å². The fourth-order valence-corrected chi connectivity index (χ4v) is 26.6. The van der Waals surface area contributed by atoms with Crippen LogP contribution in [0, 0.1) is 41.5 Å². The van der Waals surface area contributed by atoms with Gasteiger partial charge in [0.15, 0.2) is 0 Å². The van der Waals surface area contributed by atoms with Crippen LogP contribution in [-0.4, -0.2) is 0 Å². The zero-order chi connectivity index (χ0) is 56.5. The molecule has 0 radical (unpaired) electrons. The van der Waals surface area contributed by atoms with E-state index in [1.807, 2.05) is 136 Å². The lowest BCUT2D eigenvalue weighted by Gasteiger charge is -2.16. The zero-order valence-electron chi connectivity index (χ0n) is 47.2. The molecule has 2 aromatic carbocycles. The van der Waals surface area contributed by atoms with E-state index in [-0.39, 0.29) is 0 Å².